The molecule has 3 amide bonds. The Morgan fingerprint density at radius 2 is 1.62 bits per heavy atom. The molecule has 2 rings (SSSR count). The van der Waals surface area contributed by atoms with Gasteiger partial charge in [0.1, 0.15) is 12.6 Å². The predicted octanol–water partition coefficient (Wildman–Crippen LogP) is 1.49. The molecule has 0 saturated carbocycles. The summed E-state index contributed by atoms with van der Waals surface area (Å²) in [5.74, 6) is -1.36. The average molecular weight is 524 g/mol. The van der Waals surface area contributed by atoms with Crippen LogP contribution in [0.25, 0.3) is 0 Å². The van der Waals surface area contributed by atoms with Crippen LogP contribution in [0.2, 0.25) is 0 Å². The summed E-state index contributed by atoms with van der Waals surface area (Å²) in [6, 6.07) is -1.48. The van der Waals surface area contributed by atoms with Crippen molar-refractivity contribution in [2.24, 2.45) is 11.3 Å². The Hall–Kier alpha value is -2.20. The van der Waals surface area contributed by atoms with Crippen LogP contribution in [-0.2, 0) is 19.2 Å². The number of hydrogen-bond donors (Lipinski definition) is 2. The third-order valence-corrected chi connectivity index (χ3v) is 7.91. The van der Waals surface area contributed by atoms with Crippen LogP contribution in [0.3, 0.4) is 0 Å². The minimum atomic E-state index is -1.04. The molecule has 212 valence electrons. The van der Waals surface area contributed by atoms with Crippen LogP contribution in [0.1, 0.15) is 66.7 Å². The van der Waals surface area contributed by atoms with Gasteiger partial charge in [-0.25, -0.2) is 0 Å². The molecule has 0 spiro atoms. The predicted molar refractivity (Wildman–Crippen MR) is 143 cm³/mol. The molecule has 4 atom stereocenters. The zero-order chi connectivity index (χ0) is 28.1. The molecule has 0 aromatic carbocycles. The molecule has 3 unspecified atom stereocenters. The van der Waals surface area contributed by atoms with Crippen LogP contribution in [0, 0.1) is 11.3 Å². The smallest absolute Gasteiger partial charge is 0.323 e. The van der Waals surface area contributed by atoms with Crippen LogP contribution in [0.15, 0.2) is 0 Å². The van der Waals surface area contributed by atoms with Crippen LogP contribution in [-0.4, -0.2) is 120 Å². The summed E-state index contributed by atoms with van der Waals surface area (Å²) in [6.07, 6.45) is 4.38. The molecule has 10 heteroatoms. The van der Waals surface area contributed by atoms with Gasteiger partial charge in [0.05, 0.1) is 12.1 Å². The number of likely N-dealkylation sites (tertiary alicyclic amines) is 2. The summed E-state index contributed by atoms with van der Waals surface area (Å²) in [4.78, 5) is 58.3. The maximum absolute atomic E-state index is 13.9. The second-order valence-corrected chi connectivity index (χ2v) is 12.3. The first-order valence-corrected chi connectivity index (χ1v) is 13.6. The molecule has 2 heterocycles. The fraction of sp³-hybridized carbons (Fsp3) is 0.852. The lowest BCUT2D eigenvalue weighted by Crippen LogP contribution is -2.61. The Balaban J connectivity index is 2.18. The number of nitrogens with one attached hydrogen (secondary N) is 1. The molecule has 0 aromatic rings. The standard InChI is InChI=1S/C27H49N5O5/c1-18(2)21(16-32-15-11-13-20(32)25(36)30(7)17-22(33)34)31(8)26(37)23(27(3,4)5)28-24(35)19-12-9-10-14-29(19)6/h18-21,23H,9-17H2,1-8H3,(H,28,35)(H,33,34)/t19-,20?,21?,23?/m1/s1. The van der Waals surface area contributed by atoms with Gasteiger partial charge >= 0.3 is 5.97 Å². The van der Waals surface area contributed by atoms with Crippen molar-refractivity contribution in [3.8, 4) is 0 Å². The molecule has 2 saturated heterocycles. The first-order valence-electron chi connectivity index (χ1n) is 13.6. The third kappa shape index (κ3) is 8.14. The molecule has 0 bridgehead atoms. The van der Waals surface area contributed by atoms with E-state index in [4.69, 9.17) is 5.11 Å². The van der Waals surface area contributed by atoms with Crippen molar-refractivity contribution in [3.05, 3.63) is 0 Å². The lowest BCUT2D eigenvalue weighted by atomic mass is 9.84. The Kier molecular flexibility index (Phi) is 10.9. The summed E-state index contributed by atoms with van der Waals surface area (Å²) in [7, 11) is 5.26. The van der Waals surface area contributed by atoms with Crippen molar-refractivity contribution in [1.82, 2.24) is 24.9 Å². The highest BCUT2D eigenvalue weighted by molar-refractivity contribution is 5.90. The first-order chi connectivity index (χ1) is 17.1. The van der Waals surface area contributed by atoms with Crippen LogP contribution >= 0.6 is 0 Å². The number of amides is 3. The van der Waals surface area contributed by atoms with Crippen molar-refractivity contribution in [2.75, 3.05) is 47.3 Å². The Bertz CT molecular complexity index is 826. The number of hydrogen-bond acceptors (Lipinski definition) is 6. The van der Waals surface area contributed by atoms with Gasteiger partial charge in [0.25, 0.3) is 0 Å². The normalized spacial score (nSPS) is 22.9. The topological polar surface area (TPSA) is 113 Å². The number of nitrogens with zero attached hydrogens (tertiary/aromatic N) is 4. The van der Waals surface area contributed by atoms with Gasteiger partial charge < -0.3 is 20.2 Å². The van der Waals surface area contributed by atoms with Gasteiger partial charge in [-0.2, -0.15) is 0 Å². The summed E-state index contributed by atoms with van der Waals surface area (Å²) < 4.78 is 0. The fourth-order valence-corrected chi connectivity index (χ4v) is 5.54. The second kappa shape index (κ2) is 13.0. The summed E-state index contributed by atoms with van der Waals surface area (Å²) in [6.45, 7) is 11.8. The van der Waals surface area contributed by atoms with E-state index >= 15 is 0 Å². The Morgan fingerprint density at radius 1 is 1.00 bits per heavy atom. The molecule has 0 radical (unpaired) electrons. The molecular weight excluding hydrogens is 474 g/mol. The molecule has 0 aliphatic carbocycles. The monoisotopic (exact) mass is 523 g/mol. The highest BCUT2D eigenvalue weighted by Gasteiger charge is 2.41. The van der Waals surface area contributed by atoms with Crippen molar-refractivity contribution < 1.29 is 24.3 Å². The number of carbonyl (C=O) groups is 4. The molecule has 2 aliphatic rings. The van der Waals surface area contributed by atoms with Gasteiger partial charge in [-0.05, 0) is 57.2 Å². The molecule has 2 N–H and O–H groups in total. The minimum Gasteiger partial charge on any atom is -0.480 e. The number of likely N-dealkylation sites (N-methyl/N-ethyl adjacent to an activating group) is 3. The SMILES string of the molecule is CC(C)C(CN1CCCC1C(=O)N(C)CC(=O)O)N(C)C(=O)C(NC(=O)[C@H]1CCCCN1C)C(C)(C)C. The van der Waals surface area contributed by atoms with Crippen LogP contribution in [0.5, 0.6) is 0 Å². The number of rotatable bonds is 10. The largest absolute Gasteiger partial charge is 0.480 e. The molecular formula is C27H49N5O5. The summed E-state index contributed by atoms with van der Waals surface area (Å²) in [5.41, 5.74) is -0.485. The molecule has 10 nitrogen and oxygen atoms in total. The van der Waals surface area contributed by atoms with E-state index in [1.165, 1.54) is 11.9 Å². The highest BCUT2D eigenvalue weighted by Crippen LogP contribution is 2.26. The lowest BCUT2D eigenvalue weighted by molar-refractivity contribution is -0.146. The van der Waals surface area contributed by atoms with Gasteiger partial charge in [0.2, 0.25) is 17.7 Å². The van der Waals surface area contributed by atoms with Crippen molar-refractivity contribution in [2.45, 2.75) is 90.9 Å². The fourth-order valence-electron chi connectivity index (χ4n) is 5.54. The van der Waals surface area contributed by atoms with Gasteiger partial charge in [-0.3, -0.25) is 29.0 Å². The molecule has 2 aliphatic heterocycles. The van der Waals surface area contributed by atoms with Crippen molar-refractivity contribution in [1.29, 1.82) is 0 Å². The number of carbonyl (C=O) groups excluding carboxylic acids is 3. The van der Waals surface area contributed by atoms with E-state index in [1.54, 1.807) is 11.9 Å². The van der Waals surface area contributed by atoms with E-state index in [0.717, 1.165) is 38.8 Å². The van der Waals surface area contributed by atoms with E-state index in [0.29, 0.717) is 13.0 Å². The molecule has 2 fully saturated rings. The maximum Gasteiger partial charge on any atom is 0.323 e. The van der Waals surface area contributed by atoms with E-state index in [2.05, 4.69) is 29.0 Å². The van der Waals surface area contributed by atoms with Crippen LogP contribution < -0.4 is 5.32 Å². The number of carboxylic acids is 1. The number of carboxylic acid groups (broad SMARTS) is 1. The van der Waals surface area contributed by atoms with Crippen molar-refractivity contribution >= 4 is 23.7 Å². The van der Waals surface area contributed by atoms with E-state index in [9.17, 15) is 19.2 Å². The van der Waals surface area contributed by atoms with Gasteiger partial charge in [-0.1, -0.05) is 41.0 Å². The maximum atomic E-state index is 13.9. The molecule has 0 aromatic heterocycles. The zero-order valence-corrected chi connectivity index (χ0v) is 24.1. The van der Waals surface area contributed by atoms with Gasteiger partial charge in [0.15, 0.2) is 0 Å². The Labute approximate surface area is 222 Å². The number of piperidine rings is 1. The number of aliphatic carboxylic acids is 1. The van der Waals surface area contributed by atoms with Gasteiger partial charge in [-0.15, -0.1) is 0 Å². The Morgan fingerprint density at radius 3 is 2.16 bits per heavy atom. The highest BCUT2D eigenvalue weighted by atomic mass is 16.4. The quantitative estimate of drug-likeness (QED) is 0.446. The summed E-state index contributed by atoms with van der Waals surface area (Å²) in [5, 5.41) is 12.2. The van der Waals surface area contributed by atoms with Crippen LogP contribution in [0.4, 0.5) is 0 Å². The van der Waals surface area contributed by atoms with Crippen molar-refractivity contribution in [3.63, 3.8) is 0 Å². The van der Waals surface area contributed by atoms with E-state index in [1.807, 2.05) is 27.8 Å². The minimum absolute atomic E-state index is 0.100. The second-order valence-electron chi connectivity index (χ2n) is 12.3. The van der Waals surface area contributed by atoms with Gasteiger partial charge in [0, 0.05) is 26.7 Å². The van der Waals surface area contributed by atoms with E-state index < -0.39 is 23.5 Å². The molecule has 37 heavy (non-hydrogen) atoms. The zero-order valence-electron chi connectivity index (χ0n) is 24.1. The van der Waals surface area contributed by atoms with E-state index in [-0.39, 0.29) is 42.3 Å². The first kappa shape index (κ1) is 31.0. The average Bonchev–Trinajstić information content (AvgIpc) is 3.26. The third-order valence-electron chi connectivity index (χ3n) is 7.91. The lowest BCUT2D eigenvalue weighted by Gasteiger charge is -2.41. The summed E-state index contributed by atoms with van der Waals surface area (Å²) >= 11 is 0.